The van der Waals surface area contributed by atoms with Crippen molar-refractivity contribution >= 4 is 21.7 Å². The number of carbonyl (C=O) groups excluding carboxylic acids is 1. The van der Waals surface area contributed by atoms with Crippen molar-refractivity contribution < 1.29 is 9.53 Å². The largest absolute Gasteiger partial charge is 0.490 e. The summed E-state index contributed by atoms with van der Waals surface area (Å²) in [4.78, 5) is 12.6. The molecule has 0 amide bonds. The van der Waals surface area contributed by atoms with E-state index in [9.17, 15) is 4.79 Å². The molecular formula is C18H17BrO2. The first-order valence-electron chi connectivity index (χ1n) is 7.13. The van der Waals surface area contributed by atoms with Gasteiger partial charge in [0.1, 0.15) is 5.75 Å². The quantitative estimate of drug-likeness (QED) is 0.742. The highest BCUT2D eigenvalue weighted by Crippen LogP contribution is 2.28. The predicted octanol–water partition coefficient (Wildman–Crippen LogP) is 4.84. The van der Waals surface area contributed by atoms with Crippen LogP contribution in [0.25, 0.3) is 0 Å². The topological polar surface area (TPSA) is 26.3 Å². The van der Waals surface area contributed by atoms with Gasteiger partial charge in [0.05, 0.1) is 6.10 Å². The average molecular weight is 345 g/mol. The summed E-state index contributed by atoms with van der Waals surface area (Å²) in [5.74, 6) is 0.823. The summed E-state index contributed by atoms with van der Waals surface area (Å²) >= 11 is 3.53. The van der Waals surface area contributed by atoms with Crippen molar-refractivity contribution in [2.75, 3.05) is 0 Å². The lowest BCUT2D eigenvalue weighted by molar-refractivity contribution is 0.103. The Morgan fingerprint density at radius 1 is 1.10 bits per heavy atom. The van der Waals surface area contributed by atoms with Crippen LogP contribution < -0.4 is 4.74 Å². The lowest BCUT2D eigenvalue weighted by Gasteiger charge is -2.09. The van der Waals surface area contributed by atoms with Crippen LogP contribution in [0.5, 0.6) is 5.75 Å². The molecule has 0 radical (unpaired) electrons. The molecular weight excluding hydrogens is 328 g/mol. The van der Waals surface area contributed by atoms with Gasteiger partial charge >= 0.3 is 0 Å². The Bertz CT molecular complexity index is 679. The van der Waals surface area contributed by atoms with Crippen LogP contribution in [-0.4, -0.2) is 11.9 Å². The van der Waals surface area contributed by atoms with E-state index in [4.69, 9.17) is 4.74 Å². The summed E-state index contributed by atoms with van der Waals surface area (Å²) in [7, 11) is 0. The Hall–Kier alpha value is -1.61. The van der Waals surface area contributed by atoms with Gasteiger partial charge in [0.15, 0.2) is 5.78 Å². The second-order valence-electron chi connectivity index (χ2n) is 5.60. The van der Waals surface area contributed by atoms with Crippen LogP contribution >= 0.6 is 15.9 Å². The van der Waals surface area contributed by atoms with E-state index in [0.717, 1.165) is 39.8 Å². The Morgan fingerprint density at radius 3 is 2.38 bits per heavy atom. The van der Waals surface area contributed by atoms with Crippen molar-refractivity contribution in [2.24, 2.45) is 0 Å². The van der Waals surface area contributed by atoms with Gasteiger partial charge < -0.3 is 4.74 Å². The van der Waals surface area contributed by atoms with Gasteiger partial charge in [0.2, 0.25) is 0 Å². The zero-order valence-electron chi connectivity index (χ0n) is 12.2. The third-order valence-electron chi connectivity index (χ3n) is 3.62. The maximum absolute atomic E-state index is 12.6. The van der Waals surface area contributed by atoms with E-state index < -0.39 is 0 Å². The van der Waals surface area contributed by atoms with Crippen LogP contribution in [0.2, 0.25) is 0 Å². The Morgan fingerprint density at radius 2 is 1.76 bits per heavy atom. The van der Waals surface area contributed by atoms with E-state index in [-0.39, 0.29) is 5.78 Å². The molecule has 0 aliphatic heterocycles. The number of hydrogen-bond acceptors (Lipinski definition) is 2. The monoisotopic (exact) mass is 344 g/mol. The maximum Gasteiger partial charge on any atom is 0.193 e. The minimum atomic E-state index is 0.0370. The third-order valence-corrected chi connectivity index (χ3v) is 4.87. The van der Waals surface area contributed by atoms with E-state index in [1.807, 2.05) is 50.2 Å². The molecule has 1 aliphatic rings. The smallest absolute Gasteiger partial charge is 0.193 e. The van der Waals surface area contributed by atoms with Gasteiger partial charge in [0.25, 0.3) is 0 Å². The van der Waals surface area contributed by atoms with Gasteiger partial charge in [-0.05, 0) is 62.1 Å². The second-order valence-corrected chi connectivity index (χ2v) is 6.39. The molecule has 0 spiro atoms. The van der Waals surface area contributed by atoms with Gasteiger partial charge in [-0.2, -0.15) is 0 Å². The molecule has 0 aromatic heterocycles. The normalized spacial score (nSPS) is 14.0. The minimum absolute atomic E-state index is 0.0370. The van der Waals surface area contributed by atoms with Gasteiger partial charge in [-0.15, -0.1) is 0 Å². The lowest BCUT2D eigenvalue weighted by Crippen LogP contribution is -2.04. The maximum atomic E-state index is 12.6. The van der Waals surface area contributed by atoms with E-state index >= 15 is 0 Å². The zero-order valence-corrected chi connectivity index (χ0v) is 13.7. The summed E-state index contributed by atoms with van der Waals surface area (Å²) in [6, 6.07) is 11.3. The summed E-state index contributed by atoms with van der Waals surface area (Å²) < 4.78 is 6.82. The third kappa shape index (κ3) is 3.18. The molecule has 108 valence electrons. The van der Waals surface area contributed by atoms with Crippen LogP contribution in [0.1, 0.15) is 39.9 Å². The number of benzene rings is 2. The Balaban J connectivity index is 1.90. The van der Waals surface area contributed by atoms with Crippen molar-refractivity contribution in [3.8, 4) is 5.75 Å². The molecule has 1 saturated carbocycles. The van der Waals surface area contributed by atoms with Crippen LogP contribution in [0, 0.1) is 13.8 Å². The first-order valence-corrected chi connectivity index (χ1v) is 7.92. The molecule has 1 fully saturated rings. The zero-order chi connectivity index (χ0) is 15.0. The van der Waals surface area contributed by atoms with E-state index in [1.165, 1.54) is 0 Å². The molecule has 0 unspecified atom stereocenters. The number of aryl methyl sites for hydroxylation is 2. The van der Waals surface area contributed by atoms with E-state index in [0.29, 0.717) is 11.7 Å². The van der Waals surface area contributed by atoms with Crippen molar-refractivity contribution in [3.05, 3.63) is 63.1 Å². The summed E-state index contributed by atoms with van der Waals surface area (Å²) in [5, 5.41) is 0. The molecule has 21 heavy (non-hydrogen) atoms. The first-order chi connectivity index (χ1) is 10.0. The fourth-order valence-corrected chi connectivity index (χ4v) is 2.56. The van der Waals surface area contributed by atoms with Crippen LogP contribution in [-0.2, 0) is 0 Å². The minimum Gasteiger partial charge on any atom is -0.490 e. The number of halogens is 1. The van der Waals surface area contributed by atoms with E-state index in [2.05, 4.69) is 15.9 Å². The van der Waals surface area contributed by atoms with Crippen molar-refractivity contribution in [3.63, 3.8) is 0 Å². The molecule has 0 atom stereocenters. The molecule has 0 bridgehead atoms. The summed E-state index contributed by atoms with van der Waals surface area (Å²) in [6.07, 6.45) is 2.57. The lowest BCUT2D eigenvalue weighted by atomic mass is 9.99. The number of carbonyl (C=O) groups is 1. The summed E-state index contributed by atoms with van der Waals surface area (Å²) in [6.45, 7) is 4.00. The van der Waals surface area contributed by atoms with Crippen LogP contribution in [0.3, 0.4) is 0 Å². The highest BCUT2D eigenvalue weighted by molar-refractivity contribution is 9.10. The van der Waals surface area contributed by atoms with Crippen molar-refractivity contribution in [1.82, 2.24) is 0 Å². The standard InChI is InChI=1S/C18H17BrO2/c1-11-8-14(9-12(2)17(11)19)18(20)13-4-3-5-16(10-13)21-15-6-7-15/h3-5,8-10,15H,6-7H2,1-2H3. The summed E-state index contributed by atoms with van der Waals surface area (Å²) in [5.41, 5.74) is 3.54. The molecule has 2 nitrogen and oxygen atoms in total. The predicted molar refractivity (Wildman–Crippen MR) is 87.1 cm³/mol. The highest BCUT2D eigenvalue weighted by Gasteiger charge is 2.23. The van der Waals surface area contributed by atoms with Gasteiger partial charge in [-0.3, -0.25) is 4.79 Å². The van der Waals surface area contributed by atoms with Crippen molar-refractivity contribution in [1.29, 1.82) is 0 Å². The molecule has 3 heteroatoms. The Kier molecular flexibility index (Phi) is 3.85. The van der Waals surface area contributed by atoms with Crippen LogP contribution in [0.4, 0.5) is 0 Å². The molecule has 0 N–H and O–H groups in total. The van der Waals surface area contributed by atoms with Gasteiger partial charge in [-0.25, -0.2) is 0 Å². The average Bonchev–Trinajstić information content (AvgIpc) is 3.27. The van der Waals surface area contributed by atoms with E-state index in [1.54, 1.807) is 0 Å². The fourth-order valence-electron chi connectivity index (χ4n) is 2.33. The first kappa shape index (κ1) is 14.3. The fraction of sp³-hybridized carbons (Fsp3) is 0.278. The second kappa shape index (κ2) is 5.64. The number of hydrogen-bond donors (Lipinski definition) is 0. The highest BCUT2D eigenvalue weighted by atomic mass is 79.9. The van der Waals surface area contributed by atoms with Gasteiger partial charge in [0, 0.05) is 15.6 Å². The molecule has 1 aliphatic carbocycles. The molecule has 2 aromatic rings. The molecule has 3 rings (SSSR count). The number of ether oxygens (including phenoxy) is 1. The molecule has 0 saturated heterocycles. The molecule has 0 heterocycles. The Labute approximate surface area is 133 Å². The number of ketones is 1. The van der Waals surface area contributed by atoms with Gasteiger partial charge in [-0.1, -0.05) is 28.1 Å². The number of rotatable bonds is 4. The molecule has 2 aromatic carbocycles. The van der Waals surface area contributed by atoms with Crippen molar-refractivity contribution in [2.45, 2.75) is 32.8 Å². The SMILES string of the molecule is Cc1cc(C(=O)c2cccc(OC3CC3)c2)cc(C)c1Br. The van der Waals surface area contributed by atoms with Crippen LogP contribution in [0.15, 0.2) is 40.9 Å².